The van der Waals surface area contributed by atoms with Gasteiger partial charge in [0.25, 0.3) is 15.9 Å². The van der Waals surface area contributed by atoms with Crippen molar-refractivity contribution >= 4 is 21.9 Å². The van der Waals surface area contributed by atoms with E-state index in [-0.39, 0.29) is 49.0 Å². The molecule has 0 fully saturated rings. The minimum atomic E-state index is -4.09. The number of aromatic nitrogens is 2. The number of nitrogens with one attached hydrogen (secondary N) is 1. The van der Waals surface area contributed by atoms with Crippen LogP contribution in [0, 0.1) is 0 Å². The number of hydrogen-bond acceptors (Lipinski definition) is 10. The van der Waals surface area contributed by atoms with Gasteiger partial charge in [0.05, 0.1) is 19.1 Å². The van der Waals surface area contributed by atoms with Crippen molar-refractivity contribution in [1.29, 1.82) is 0 Å². The second-order valence-corrected chi connectivity index (χ2v) is 9.85. The molecule has 0 amide bonds. The van der Waals surface area contributed by atoms with Crippen LogP contribution in [-0.2, 0) is 10.0 Å². The van der Waals surface area contributed by atoms with E-state index in [4.69, 9.17) is 23.7 Å². The molecule has 3 aromatic carbocycles. The molecule has 1 aliphatic rings. The van der Waals surface area contributed by atoms with E-state index in [1.807, 2.05) is 6.07 Å². The van der Waals surface area contributed by atoms with E-state index in [1.54, 1.807) is 66.7 Å². The standard InChI is InChI=1S/C28H25N3O8S/c1-35-21-9-5-6-10-23(21)39-25-27(31-40(33,34)16-13-19-7-3-2-4-8-19)29-26(30-28(25)36-15-14-32)20-11-12-22-24(17-20)38-18-37-22/h2-13,16-17,32H,14-15,18H2,1H3,(H,29,30,31). The van der Waals surface area contributed by atoms with Crippen LogP contribution in [0.2, 0.25) is 0 Å². The van der Waals surface area contributed by atoms with Crippen LogP contribution in [-0.4, -0.2) is 50.6 Å². The van der Waals surface area contributed by atoms with E-state index in [9.17, 15) is 13.5 Å². The van der Waals surface area contributed by atoms with Crippen molar-refractivity contribution < 1.29 is 37.2 Å². The first-order chi connectivity index (χ1) is 19.5. The Bertz CT molecular complexity index is 1630. The first-order valence-corrected chi connectivity index (χ1v) is 13.6. The molecule has 0 bridgehead atoms. The third-order valence-electron chi connectivity index (χ3n) is 5.55. The summed E-state index contributed by atoms with van der Waals surface area (Å²) in [7, 11) is -2.62. The van der Waals surface area contributed by atoms with Gasteiger partial charge >= 0.3 is 0 Å². The zero-order valence-corrected chi connectivity index (χ0v) is 22.1. The second kappa shape index (κ2) is 11.9. The highest BCUT2D eigenvalue weighted by Gasteiger charge is 2.24. The largest absolute Gasteiger partial charge is 0.493 e. The number of anilines is 1. The van der Waals surface area contributed by atoms with Gasteiger partial charge in [0, 0.05) is 5.56 Å². The smallest absolute Gasteiger partial charge is 0.263 e. The first kappa shape index (κ1) is 26.8. The molecule has 1 aliphatic heterocycles. The fourth-order valence-corrected chi connectivity index (χ4v) is 4.52. The molecule has 0 radical (unpaired) electrons. The SMILES string of the molecule is COc1ccccc1Oc1c(NS(=O)(=O)C=Cc2ccccc2)nc(-c2ccc3c(c2)OCO3)nc1OCCO. The molecule has 1 aromatic heterocycles. The van der Waals surface area contributed by atoms with Gasteiger partial charge in [-0.1, -0.05) is 42.5 Å². The second-order valence-electron chi connectivity index (χ2n) is 8.28. The van der Waals surface area contributed by atoms with Crippen LogP contribution in [0.3, 0.4) is 0 Å². The molecule has 0 unspecified atom stereocenters. The van der Waals surface area contributed by atoms with Gasteiger partial charge in [0.15, 0.2) is 34.6 Å². The summed E-state index contributed by atoms with van der Waals surface area (Å²) in [5.41, 5.74) is 1.19. The summed E-state index contributed by atoms with van der Waals surface area (Å²) in [6.45, 7) is -0.382. The Morgan fingerprint density at radius 1 is 0.975 bits per heavy atom. The highest BCUT2D eigenvalue weighted by atomic mass is 32.2. The fourth-order valence-electron chi connectivity index (χ4n) is 3.71. The minimum absolute atomic E-state index is 0.0784. The highest BCUT2D eigenvalue weighted by Crippen LogP contribution is 2.42. The van der Waals surface area contributed by atoms with Gasteiger partial charge in [-0.05, 0) is 42.0 Å². The lowest BCUT2D eigenvalue weighted by Crippen LogP contribution is -2.14. The predicted molar refractivity (Wildman–Crippen MR) is 147 cm³/mol. The van der Waals surface area contributed by atoms with Crippen LogP contribution >= 0.6 is 0 Å². The number of hydrogen-bond donors (Lipinski definition) is 2. The Kier molecular flexibility index (Phi) is 7.99. The normalized spacial score (nSPS) is 12.3. The van der Waals surface area contributed by atoms with Crippen LogP contribution in [0.5, 0.6) is 34.6 Å². The van der Waals surface area contributed by atoms with E-state index in [1.165, 1.54) is 13.2 Å². The number of methoxy groups -OCH3 is 1. The lowest BCUT2D eigenvalue weighted by Gasteiger charge is -2.17. The Hall–Kier alpha value is -4.81. The molecule has 206 valence electrons. The molecule has 5 rings (SSSR count). The van der Waals surface area contributed by atoms with E-state index in [0.717, 1.165) is 5.41 Å². The van der Waals surface area contributed by atoms with Crippen molar-refractivity contribution in [2.45, 2.75) is 0 Å². The van der Waals surface area contributed by atoms with Gasteiger partial charge in [-0.15, -0.1) is 0 Å². The maximum absolute atomic E-state index is 13.2. The lowest BCUT2D eigenvalue weighted by atomic mass is 10.2. The van der Waals surface area contributed by atoms with Gasteiger partial charge in [-0.25, -0.2) is 13.4 Å². The van der Waals surface area contributed by atoms with Gasteiger partial charge in [0.1, 0.15) is 6.61 Å². The van der Waals surface area contributed by atoms with Gasteiger partial charge in [-0.3, -0.25) is 4.72 Å². The van der Waals surface area contributed by atoms with Crippen LogP contribution < -0.4 is 28.4 Å². The van der Waals surface area contributed by atoms with Crippen molar-refractivity contribution in [1.82, 2.24) is 9.97 Å². The number of para-hydroxylation sites is 2. The number of ether oxygens (including phenoxy) is 5. The summed E-state index contributed by atoms with van der Waals surface area (Å²) in [5, 5.41) is 10.5. The molecule has 0 saturated carbocycles. The van der Waals surface area contributed by atoms with Gasteiger partial charge < -0.3 is 28.8 Å². The highest BCUT2D eigenvalue weighted by molar-refractivity contribution is 7.95. The average Bonchev–Trinajstić information content (AvgIpc) is 3.45. The van der Waals surface area contributed by atoms with Crippen molar-refractivity contribution in [2.24, 2.45) is 0 Å². The summed E-state index contributed by atoms with van der Waals surface area (Å²) in [6, 6.07) is 20.8. The molecule has 0 saturated heterocycles. The van der Waals surface area contributed by atoms with Gasteiger partial charge in [0.2, 0.25) is 12.5 Å². The summed E-state index contributed by atoms with van der Waals surface area (Å²) in [5.74, 6) is 1.38. The third kappa shape index (κ3) is 6.25. The van der Waals surface area contributed by atoms with Crippen molar-refractivity contribution in [3.05, 3.63) is 83.8 Å². The lowest BCUT2D eigenvalue weighted by molar-refractivity contribution is 0.174. The van der Waals surface area contributed by atoms with Crippen molar-refractivity contribution in [2.75, 3.05) is 31.8 Å². The Morgan fingerprint density at radius 3 is 2.50 bits per heavy atom. The molecule has 2 heterocycles. The molecular weight excluding hydrogens is 538 g/mol. The minimum Gasteiger partial charge on any atom is -0.493 e. The first-order valence-electron chi connectivity index (χ1n) is 12.1. The van der Waals surface area contributed by atoms with Crippen molar-refractivity contribution in [3.8, 4) is 46.0 Å². The fraction of sp³-hybridized carbons (Fsp3) is 0.143. The molecule has 11 nitrogen and oxygen atoms in total. The molecule has 0 aliphatic carbocycles. The predicted octanol–water partition coefficient (Wildman–Crippen LogP) is 4.46. The average molecular weight is 564 g/mol. The number of sulfonamides is 1. The zero-order valence-electron chi connectivity index (χ0n) is 21.3. The zero-order chi connectivity index (χ0) is 28.0. The van der Waals surface area contributed by atoms with E-state index in [0.29, 0.717) is 28.4 Å². The summed E-state index contributed by atoms with van der Waals surface area (Å²) >= 11 is 0. The quantitative estimate of drug-likeness (QED) is 0.269. The summed E-state index contributed by atoms with van der Waals surface area (Å²) < 4.78 is 56.8. The van der Waals surface area contributed by atoms with E-state index < -0.39 is 10.0 Å². The van der Waals surface area contributed by atoms with E-state index in [2.05, 4.69) is 14.7 Å². The van der Waals surface area contributed by atoms with Crippen LogP contribution in [0.1, 0.15) is 5.56 Å². The number of fused-ring (bicyclic) bond motifs is 1. The Morgan fingerprint density at radius 2 is 1.73 bits per heavy atom. The van der Waals surface area contributed by atoms with Crippen LogP contribution in [0.4, 0.5) is 5.82 Å². The Balaban J connectivity index is 1.61. The number of nitrogens with zero attached hydrogens (tertiary/aromatic N) is 2. The van der Waals surface area contributed by atoms with Crippen LogP contribution in [0.15, 0.2) is 78.2 Å². The van der Waals surface area contributed by atoms with Crippen molar-refractivity contribution in [3.63, 3.8) is 0 Å². The maximum atomic E-state index is 13.2. The summed E-state index contributed by atoms with van der Waals surface area (Å²) in [6.07, 6.45) is 1.45. The monoisotopic (exact) mass is 563 g/mol. The maximum Gasteiger partial charge on any atom is 0.263 e. The summed E-state index contributed by atoms with van der Waals surface area (Å²) in [4.78, 5) is 8.97. The Labute approximate surface area is 230 Å². The number of aliphatic hydroxyl groups excluding tert-OH is 1. The molecule has 4 aromatic rings. The molecule has 2 N–H and O–H groups in total. The van der Waals surface area contributed by atoms with Gasteiger partial charge in [-0.2, -0.15) is 4.98 Å². The topological polar surface area (TPSA) is 138 Å². The van der Waals surface area contributed by atoms with E-state index >= 15 is 0 Å². The number of rotatable bonds is 11. The number of benzene rings is 3. The number of aliphatic hydroxyl groups is 1. The molecular formula is C28H25N3O8S. The molecule has 0 spiro atoms. The molecule has 0 atom stereocenters. The molecule has 12 heteroatoms. The van der Waals surface area contributed by atoms with Crippen LogP contribution in [0.25, 0.3) is 17.5 Å². The third-order valence-corrected chi connectivity index (χ3v) is 6.53. The molecule has 40 heavy (non-hydrogen) atoms.